The van der Waals surface area contributed by atoms with E-state index in [1.54, 1.807) is 24.2 Å². The van der Waals surface area contributed by atoms with Crippen LogP contribution in [0.25, 0.3) is 11.0 Å². The normalized spacial score (nSPS) is 10.9. The topological polar surface area (TPSA) is 59.8 Å². The Morgan fingerprint density at radius 2 is 1.93 bits per heavy atom. The van der Waals surface area contributed by atoms with Gasteiger partial charge >= 0.3 is 0 Å². The highest BCUT2D eigenvalue weighted by atomic mass is 32.2. The van der Waals surface area contributed by atoms with Crippen molar-refractivity contribution in [3.63, 3.8) is 0 Å². The molecule has 0 aliphatic heterocycles. The Morgan fingerprint density at radius 3 is 2.74 bits per heavy atom. The van der Waals surface area contributed by atoms with E-state index in [0.29, 0.717) is 12.1 Å². The highest BCUT2D eigenvalue weighted by molar-refractivity contribution is 7.98. The van der Waals surface area contributed by atoms with Crippen LogP contribution in [0, 0.1) is 0 Å². The second kappa shape index (κ2) is 7.63. The molecule has 4 rings (SSSR count). The second-order valence-corrected chi connectivity index (χ2v) is 6.99. The molecular formula is C21H18N4OS. The molecule has 0 atom stereocenters. The van der Waals surface area contributed by atoms with Crippen LogP contribution >= 0.6 is 11.8 Å². The van der Waals surface area contributed by atoms with Crippen LogP contribution in [0.4, 0.5) is 5.69 Å². The van der Waals surface area contributed by atoms with Gasteiger partial charge in [0.15, 0.2) is 5.65 Å². The van der Waals surface area contributed by atoms with Gasteiger partial charge in [-0.25, -0.2) is 9.67 Å². The molecule has 0 radical (unpaired) electrons. The fourth-order valence-electron chi connectivity index (χ4n) is 2.87. The summed E-state index contributed by atoms with van der Waals surface area (Å²) < 4.78 is 1.84. The van der Waals surface area contributed by atoms with Crippen LogP contribution in [0.3, 0.4) is 0 Å². The van der Waals surface area contributed by atoms with Gasteiger partial charge in [0.25, 0.3) is 5.91 Å². The number of hydrogen-bond donors (Lipinski definition) is 1. The first kappa shape index (κ1) is 17.3. The monoisotopic (exact) mass is 374 g/mol. The summed E-state index contributed by atoms with van der Waals surface area (Å²) in [4.78, 5) is 18.1. The van der Waals surface area contributed by atoms with Gasteiger partial charge < -0.3 is 5.32 Å². The van der Waals surface area contributed by atoms with Crippen LogP contribution in [0.1, 0.15) is 15.9 Å². The molecular weight excluding hydrogens is 356 g/mol. The quantitative estimate of drug-likeness (QED) is 0.524. The van der Waals surface area contributed by atoms with Crippen LogP contribution in [0.5, 0.6) is 0 Å². The molecule has 0 fully saturated rings. The number of pyridine rings is 1. The van der Waals surface area contributed by atoms with E-state index in [9.17, 15) is 4.79 Å². The second-order valence-electron chi connectivity index (χ2n) is 6.11. The zero-order valence-corrected chi connectivity index (χ0v) is 15.6. The molecule has 27 heavy (non-hydrogen) atoms. The number of fused-ring (bicyclic) bond motifs is 1. The van der Waals surface area contributed by atoms with E-state index >= 15 is 0 Å². The summed E-state index contributed by atoms with van der Waals surface area (Å²) >= 11 is 1.64. The third kappa shape index (κ3) is 3.85. The van der Waals surface area contributed by atoms with Gasteiger partial charge in [-0.05, 0) is 36.1 Å². The number of hydrogen-bond acceptors (Lipinski definition) is 4. The third-order valence-corrected chi connectivity index (χ3v) is 4.97. The van der Waals surface area contributed by atoms with Crippen molar-refractivity contribution in [1.82, 2.24) is 14.8 Å². The van der Waals surface area contributed by atoms with Crippen molar-refractivity contribution in [2.75, 3.05) is 11.6 Å². The Labute approximate surface area is 161 Å². The summed E-state index contributed by atoms with van der Waals surface area (Å²) in [6.07, 6.45) is 5.35. The van der Waals surface area contributed by atoms with Gasteiger partial charge in [-0.2, -0.15) is 5.10 Å². The van der Waals surface area contributed by atoms with Gasteiger partial charge in [0.1, 0.15) is 0 Å². The number of thioether (sulfide) groups is 1. The average Bonchev–Trinajstić information content (AvgIpc) is 3.11. The fourth-order valence-corrected chi connectivity index (χ4v) is 3.33. The van der Waals surface area contributed by atoms with Crippen LogP contribution in [-0.2, 0) is 6.54 Å². The molecule has 1 N–H and O–H groups in total. The SMILES string of the molecule is CSc1cccc(NC(=O)c2cnc3c(cnn3Cc3ccccc3)c2)c1. The number of amides is 1. The molecule has 0 saturated carbocycles. The Kier molecular flexibility index (Phi) is 4.89. The third-order valence-electron chi connectivity index (χ3n) is 4.24. The molecule has 2 heterocycles. The molecule has 0 unspecified atom stereocenters. The van der Waals surface area contributed by atoms with Crippen molar-refractivity contribution in [1.29, 1.82) is 0 Å². The molecule has 2 aromatic heterocycles. The van der Waals surface area contributed by atoms with Crippen LogP contribution < -0.4 is 5.32 Å². The molecule has 4 aromatic rings. The maximum atomic E-state index is 12.6. The van der Waals surface area contributed by atoms with Crippen LogP contribution in [-0.4, -0.2) is 26.9 Å². The first-order valence-electron chi connectivity index (χ1n) is 8.54. The lowest BCUT2D eigenvalue weighted by Crippen LogP contribution is -2.12. The Bertz CT molecular complexity index is 1090. The van der Waals surface area contributed by atoms with Gasteiger partial charge in [0, 0.05) is 22.2 Å². The number of benzene rings is 2. The highest BCUT2D eigenvalue weighted by Gasteiger charge is 2.11. The minimum atomic E-state index is -0.182. The first-order chi connectivity index (χ1) is 13.2. The summed E-state index contributed by atoms with van der Waals surface area (Å²) in [5, 5.41) is 8.19. The molecule has 2 aromatic carbocycles. The summed E-state index contributed by atoms with van der Waals surface area (Å²) in [7, 11) is 0. The highest BCUT2D eigenvalue weighted by Crippen LogP contribution is 2.20. The van der Waals surface area contributed by atoms with Crippen molar-refractivity contribution in [3.05, 3.63) is 84.2 Å². The van der Waals surface area contributed by atoms with Gasteiger partial charge in [-0.1, -0.05) is 36.4 Å². The van der Waals surface area contributed by atoms with E-state index < -0.39 is 0 Å². The minimum absolute atomic E-state index is 0.182. The van der Waals surface area contributed by atoms with Crippen LogP contribution in [0.2, 0.25) is 0 Å². The molecule has 0 bridgehead atoms. The molecule has 5 nitrogen and oxygen atoms in total. The molecule has 1 amide bonds. The molecule has 0 saturated heterocycles. The number of carbonyl (C=O) groups excluding carboxylic acids is 1. The lowest BCUT2D eigenvalue weighted by atomic mass is 10.2. The zero-order valence-electron chi connectivity index (χ0n) is 14.8. The Balaban J connectivity index is 1.55. The Hall–Kier alpha value is -3.12. The maximum Gasteiger partial charge on any atom is 0.257 e. The van der Waals surface area contributed by atoms with Gasteiger partial charge in [0.2, 0.25) is 0 Å². The number of nitrogens with one attached hydrogen (secondary N) is 1. The van der Waals surface area contributed by atoms with Crippen molar-refractivity contribution >= 4 is 34.4 Å². The summed E-state index contributed by atoms with van der Waals surface area (Å²) in [6.45, 7) is 0.643. The predicted octanol–water partition coefficient (Wildman–Crippen LogP) is 4.45. The number of anilines is 1. The van der Waals surface area contributed by atoms with E-state index in [1.165, 1.54) is 0 Å². The standard InChI is InChI=1S/C21H18N4OS/c1-27-19-9-5-8-18(11-19)24-21(26)17-10-16-13-23-25(20(16)22-12-17)14-15-6-3-2-4-7-15/h2-13H,14H2,1H3,(H,24,26). The summed E-state index contributed by atoms with van der Waals surface area (Å²) in [6, 6.07) is 19.7. The first-order valence-corrected chi connectivity index (χ1v) is 9.76. The van der Waals surface area contributed by atoms with Crippen molar-refractivity contribution in [2.24, 2.45) is 0 Å². The average molecular weight is 374 g/mol. The number of aromatic nitrogens is 3. The van der Waals surface area contributed by atoms with E-state index in [4.69, 9.17) is 0 Å². The van der Waals surface area contributed by atoms with Crippen molar-refractivity contribution in [3.8, 4) is 0 Å². The van der Waals surface area contributed by atoms with Crippen molar-refractivity contribution < 1.29 is 4.79 Å². The molecule has 0 spiro atoms. The molecule has 134 valence electrons. The largest absolute Gasteiger partial charge is 0.322 e. The van der Waals surface area contributed by atoms with E-state index in [1.807, 2.05) is 59.5 Å². The minimum Gasteiger partial charge on any atom is -0.322 e. The summed E-state index contributed by atoms with van der Waals surface area (Å²) in [5.74, 6) is -0.182. The van der Waals surface area contributed by atoms with E-state index in [0.717, 1.165) is 27.2 Å². The lowest BCUT2D eigenvalue weighted by molar-refractivity contribution is 0.102. The predicted molar refractivity (Wildman–Crippen MR) is 109 cm³/mol. The molecule has 0 aliphatic carbocycles. The summed E-state index contributed by atoms with van der Waals surface area (Å²) in [5.41, 5.74) is 3.20. The van der Waals surface area contributed by atoms with Crippen molar-refractivity contribution in [2.45, 2.75) is 11.4 Å². The maximum absolute atomic E-state index is 12.6. The van der Waals surface area contributed by atoms with E-state index in [-0.39, 0.29) is 5.91 Å². The smallest absolute Gasteiger partial charge is 0.257 e. The van der Waals surface area contributed by atoms with Gasteiger partial charge in [-0.15, -0.1) is 11.8 Å². The number of rotatable bonds is 5. The number of nitrogens with zero attached hydrogens (tertiary/aromatic N) is 3. The van der Waals surface area contributed by atoms with Gasteiger partial charge in [-0.3, -0.25) is 4.79 Å². The Morgan fingerprint density at radius 1 is 1.07 bits per heavy atom. The van der Waals surface area contributed by atoms with Crippen LogP contribution in [0.15, 0.2) is 78.0 Å². The molecule has 6 heteroatoms. The van der Waals surface area contributed by atoms with Gasteiger partial charge in [0.05, 0.1) is 18.3 Å². The number of carbonyl (C=O) groups is 1. The fraction of sp³-hybridized carbons (Fsp3) is 0.0952. The lowest BCUT2D eigenvalue weighted by Gasteiger charge is -2.07. The zero-order chi connectivity index (χ0) is 18.6. The van der Waals surface area contributed by atoms with E-state index in [2.05, 4.69) is 27.5 Å². The molecule has 0 aliphatic rings.